The number of carbonyl (C=O) groups excluding carboxylic acids is 3. The Morgan fingerprint density at radius 2 is 1.63 bits per heavy atom. The number of hydrogen-bond acceptors (Lipinski definition) is 8. The number of hydrogen-bond donors (Lipinski definition) is 1. The highest BCUT2D eigenvalue weighted by Gasteiger charge is 2.56. The molecule has 0 saturated carbocycles. The lowest BCUT2D eigenvalue weighted by atomic mass is 9.83. The van der Waals surface area contributed by atoms with E-state index in [-0.39, 0.29) is 22.8 Å². The van der Waals surface area contributed by atoms with Crippen LogP contribution in [0.1, 0.15) is 21.9 Å². The first-order valence-corrected chi connectivity index (χ1v) is 14.4. The number of non-ortho nitro benzene ring substituents is 1. The minimum atomic E-state index is -0.851. The molecule has 3 amide bonds. The zero-order chi connectivity index (χ0) is 28.8. The van der Waals surface area contributed by atoms with Crippen LogP contribution >= 0.6 is 23.1 Å². The van der Waals surface area contributed by atoms with E-state index in [1.807, 2.05) is 49.4 Å². The van der Waals surface area contributed by atoms with E-state index in [4.69, 9.17) is 0 Å². The summed E-state index contributed by atoms with van der Waals surface area (Å²) in [5.74, 6) is -2.69. The fourth-order valence-corrected chi connectivity index (χ4v) is 8.01. The molecule has 0 aliphatic carbocycles. The van der Waals surface area contributed by atoms with Crippen molar-refractivity contribution in [3.05, 3.63) is 115 Å². The zero-order valence-corrected chi connectivity index (χ0v) is 23.2. The Bertz CT molecular complexity index is 1750. The van der Waals surface area contributed by atoms with Crippen LogP contribution in [0.2, 0.25) is 0 Å². The third-order valence-corrected chi connectivity index (χ3v) is 9.77. The molecule has 1 aromatic heterocycles. The van der Waals surface area contributed by atoms with Crippen molar-refractivity contribution >= 4 is 57.9 Å². The number of benzene rings is 3. The van der Waals surface area contributed by atoms with Crippen LogP contribution in [0.5, 0.6) is 0 Å². The predicted octanol–water partition coefficient (Wildman–Crippen LogP) is 4.56. The number of fused-ring (bicyclic) bond motifs is 2. The molecular weight excluding hydrogens is 564 g/mol. The van der Waals surface area contributed by atoms with Crippen LogP contribution < -0.4 is 15.1 Å². The Morgan fingerprint density at radius 1 is 0.951 bits per heavy atom. The molecule has 3 aromatic carbocycles. The van der Waals surface area contributed by atoms with Gasteiger partial charge in [0.15, 0.2) is 0 Å². The molecule has 6 rings (SSSR count). The van der Waals surface area contributed by atoms with Crippen LogP contribution in [0.3, 0.4) is 0 Å². The van der Waals surface area contributed by atoms with Crippen molar-refractivity contribution in [3.63, 3.8) is 0 Å². The third kappa shape index (κ3) is 4.74. The number of carbonyl (C=O) groups is 3. The Balaban J connectivity index is 1.38. The Labute approximate surface area is 241 Å². The monoisotopic (exact) mass is 586 g/mol. The second kappa shape index (κ2) is 10.5. The molecule has 0 unspecified atom stereocenters. The highest BCUT2D eigenvalue weighted by atomic mass is 32.2. The van der Waals surface area contributed by atoms with Gasteiger partial charge in [0.2, 0.25) is 17.7 Å². The van der Waals surface area contributed by atoms with E-state index < -0.39 is 39.7 Å². The molecule has 3 heterocycles. The lowest BCUT2D eigenvalue weighted by molar-refractivity contribution is -0.384. The van der Waals surface area contributed by atoms with Crippen LogP contribution in [-0.4, -0.2) is 32.5 Å². The molecule has 10 nitrogen and oxygen atoms in total. The second-order valence-electron chi connectivity index (χ2n) is 9.78. The molecule has 0 radical (unpaired) electrons. The minimum absolute atomic E-state index is 0.156. The summed E-state index contributed by atoms with van der Waals surface area (Å²) in [5.41, 5.74) is 2.50. The van der Waals surface area contributed by atoms with Gasteiger partial charge >= 0.3 is 4.87 Å². The fraction of sp³-hybridized carbons (Fsp3) is 0.172. The lowest BCUT2D eigenvalue weighted by Crippen LogP contribution is -2.33. The normalized spacial score (nSPS) is 19.5. The molecular formula is C29H22N4O6S2. The van der Waals surface area contributed by atoms with Gasteiger partial charge in [-0.05, 0) is 36.8 Å². The van der Waals surface area contributed by atoms with Gasteiger partial charge in [-0.1, -0.05) is 71.1 Å². The standard InChI is InChI=1S/C29H22N4O6S2/c1-16-7-9-18(10-8-16)30-21(34)15-31-28-25(41-29(31)37)22(17-5-3-2-4-6-17)23-24(40-28)27(36)32(26(23)35)19-11-13-20(14-12-19)33(38)39/h2-14,22-24H,15H2,1H3,(H,30,34)/t22-,23-,24+/m0/s1. The highest BCUT2D eigenvalue weighted by Crippen LogP contribution is 2.53. The van der Waals surface area contributed by atoms with E-state index in [0.717, 1.165) is 39.1 Å². The molecule has 1 saturated heterocycles. The highest BCUT2D eigenvalue weighted by molar-refractivity contribution is 8.00. The van der Waals surface area contributed by atoms with E-state index in [2.05, 4.69) is 5.32 Å². The predicted molar refractivity (Wildman–Crippen MR) is 155 cm³/mol. The fourth-order valence-electron chi connectivity index (χ4n) is 5.23. The number of amides is 3. The van der Waals surface area contributed by atoms with Gasteiger partial charge in [-0.25, -0.2) is 4.90 Å². The summed E-state index contributed by atoms with van der Waals surface area (Å²) in [5, 5.41) is 13.6. The molecule has 4 aromatic rings. The van der Waals surface area contributed by atoms with Crippen LogP contribution in [0.15, 0.2) is 88.7 Å². The maximum absolute atomic E-state index is 13.9. The quantitative estimate of drug-likeness (QED) is 0.199. The van der Waals surface area contributed by atoms with Crippen molar-refractivity contribution in [1.82, 2.24) is 4.57 Å². The Kier molecular flexibility index (Phi) is 6.80. The molecule has 2 aliphatic heterocycles. The van der Waals surface area contributed by atoms with Gasteiger partial charge in [0.25, 0.3) is 5.69 Å². The number of thioether (sulfide) groups is 1. The summed E-state index contributed by atoms with van der Waals surface area (Å²) in [6.45, 7) is 1.69. The first kappa shape index (κ1) is 26.7. The largest absolute Gasteiger partial charge is 0.325 e. The maximum atomic E-state index is 13.9. The summed E-state index contributed by atoms with van der Waals surface area (Å²) in [6, 6.07) is 21.8. The second-order valence-corrected chi connectivity index (χ2v) is 11.9. The van der Waals surface area contributed by atoms with Crippen molar-refractivity contribution in [3.8, 4) is 0 Å². The topological polar surface area (TPSA) is 132 Å². The number of anilines is 2. The average Bonchev–Trinajstić information content (AvgIpc) is 3.40. The Hall–Kier alpha value is -4.55. The number of nitrogens with zero attached hydrogens (tertiary/aromatic N) is 3. The molecule has 41 heavy (non-hydrogen) atoms. The van der Waals surface area contributed by atoms with Gasteiger partial charge in [-0.3, -0.25) is 33.9 Å². The van der Waals surface area contributed by atoms with E-state index >= 15 is 0 Å². The van der Waals surface area contributed by atoms with Gasteiger partial charge in [-0.2, -0.15) is 0 Å². The van der Waals surface area contributed by atoms with Gasteiger partial charge in [0.05, 0.1) is 21.6 Å². The SMILES string of the molecule is Cc1ccc(NC(=O)Cn2c3c(sc2=O)[C@@H](c2ccccc2)[C@@H]2C(=O)N(c4ccc([N+](=O)[O-])cc4)C(=O)[C@@H]2S3)cc1. The van der Waals surface area contributed by atoms with Crippen molar-refractivity contribution in [2.75, 3.05) is 10.2 Å². The van der Waals surface area contributed by atoms with Crippen molar-refractivity contribution in [2.24, 2.45) is 5.92 Å². The number of nitro benzene ring substituents is 1. The summed E-state index contributed by atoms with van der Waals surface area (Å²) >= 11 is 2.09. The molecule has 3 atom stereocenters. The lowest BCUT2D eigenvalue weighted by Gasteiger charge is -2.30. The van der Waals surface area contributed by atoms with Gasteiger partial charge in [0, 0.05) is 28.6 Å². The minimum Gasteiger partial charge on any atom is -0.325 e. The number of imide groups is 1. The van der Waals surface area contributed by atoms with Crippen LogP contribution in [0, 0.1) is 23.0 Å². The van der Waals surface area contributed by atoms with E-state index in [0.29, 0.717) is 15.6 Å². The third-order valence-electron chi connectivity index (χ3n) is 7.16. The van der Waals surface area contributed by atoms with Crippen molar-refractivity contribution in [2.45, 2.75) is 29.7 Å². The van der Waals surface area contributed by atoms with E-state index in [1.165, 1.54) is 28.8 Å². The zero-order valence-electron chi connectivity index (χ0n) is 21.6. The summed E-state index contributed by atoms with van der Waals surface area (Å²) in [7, 11) is 0. The molecule has 206 valence electrons. The first-order valence-electron chi connectivity index (χ1n) is 12.7. The molecule has 2 aliphatic rings. The molecule has 12 heteroatoms. The first-order chi connectivity index (χ1) is 19.7. The number of rotatable bonds is 6. The van der Waals surface area contributed by atoms with E-state index in [9.17, 15) is 29.3 Å². The van der Waals surface area contributed by atoms with Gasteiger partial charge in [-0.15, -0.1) is 0 Å². The molecule has 1 fully saturated rings. The molecule has 1 N–H and O–H groups in total. The van der Waals surface area contributed by atoms with E-state index in [1.54, 1.807) is 12.1 Å². The van der Waals surface area contributed by atoms with Gasteiger partial charge in [0.1, 0.15) is 11.8 Å². The molecule has 0 spiro atoms. The number of aromatic nitrogens is 1. The van der Waals surface area contributed by atoms with Crippen LogP contribution in [0.25, 0.3) is 0 Å². The van der Waals surface area contributed by atoms with Crippen molar-refractivity contribution < 1.29 is 19.3 Å². The summed E-state index contributed by atoms with van der Waals surface area (Å²) in [6.07, 6.45) is 0. The summed E-state index contributed by atoms with van der Waals surface area (Å²) in [4.78, 5) is 65.7. The number of thiazole rings is 1. The number of aryl methyl sites for hydroxylation is 1. The average molecular weight is 587 g/mol. The van der Waals surface area contributed by atoms with Crippen LogP contribution in [-0.2, 0) is 20.9 Å². The maximum Gasteiger partial charge on any atom is 0.308 e. The van der Waals surface area contributed by atoms with Crippen LogP contribution in [0.4, 0.5) is 17.1 Å². The van der Waals surface area contributed by atoms with Gasteiger partial charge < -0.3 is 5.32 Å². The van der Waals surface area contributed by atoms with Crippen molar-refractivity contribution in [1.29, 1.82) is 0 Å². The number of nitrogens with one attached hydrogen (secondary N) is 1. The summed E-state index contributed by atoms with van der Waals surface area (Å²) < 4.78 is 1.37. The molecule has 0 bridgehead atoms. The Morgan fingerprint density at radius 3 is 2.29 bits per heavy atom. The number of nitro groups is 1. The smallest absolute Gasteiger partial charge is 0.308 e.